The fourth-order valence-corrected chi connectivity index (χ4v) is 10.4. The lowest BCUT2D eigenvalue weighted by molar-refractivity contribution is -0.141. The summed E-state index contributed by atoms with van der Waals surface area (Å²) in [5.74, 6) is -1.71. The minimum atomic E-state index is -3.91. The molecule has 9 rings (SSSR count). The number of carbonyl (C=O) groups is 4. The standard InChI is InChI=1S/C46H55N7O8S/c1-45(2,3)29-19-17-28(18-20-29)39-48-37-33-14-9-10-16-36(33)61-38(37)41(49-39)60-31-25-35-40(54)50-46(43(56)51-62(58,59)32-21-22-32)26-30(46)13-7-5-4-6-8-15-34(42(55)53(35)27-31)47-44(57)52-23-11-12-24-52/h7,9-10,13-14,16-20,30-32,34-35H,4-6,8,11-12,15,21-27H2,1-3H3,(H,47,57)(H,50,54)(H,51,56)/b13-7-/t30-,31-,34+,35+,46-/m1/s1. The zero-order valence-corrected chi connectivity index (χ0v) is 36.3. The number of fused-ring (bicyclic) bond motifs is 5. The molecule has 5 heterocycles. The summed E-state index contributed by atoms with van der Waals surface area (Å²) >= 11 is 0. The maximum absolute atomic E-state index is 14.8. The Kier molecular flexibility index (Phi) is 11.0. The first-order valence-corrected chi connectivity index (χ1v) is 23.6. The minimum absolute atomic E-state index is 0.0181. The lowest BCUT2D eigenvalue weighted by Crippen LogP contribution is -2.58. The van der Waals surface area contributed by atoms with Gasteiger partial charge in [0.2, 0.25) is 27.4 Å². The van der Waals surface area contributed by atoms with Crippen LogP contribution < -0.4 is 20.1 Å². The van der Waals surface area contributed by atoms with Gasteiger partial charge in [-0.15, -0.1) is 0 Å². The highest BCUT2D eigenvalue weighted by atomic mass is 32.2. The topological polar surface area (TPSA) is 193 Å². The fourth-order valence-electron chi connectivity index (χ4n) is 9.06. The van der Waals surface area contributed by atoms with Crippen molar-refractivity contribution >= 4 is 55.8 Å². The van der Waals surface area contributed by atoms with E-state index in [2.05, 4.69) is 48.3 Å². The van der Waals surface area contributed by atoms with Gasteiger partial charge in [0.1, 0.15) is 34.8 Å². The third kappa shape index (κ3) is 8.37. The summed E-state index contributed by atoms with van der Waals surface area (Å²) in [4.78, 5) is 69.9. The van der Waals surface area contributed by atoms with Crippen molar-refractivity contribution in [2.24, 2.45) is 5.92 Å². The second-order valence-corrected chi connectivity index (χ2v) is 20.6. The summed E-state index contributed by atoms with van der Waals surface area (Å²) in [6.45, 7) is 7.60. The first-order valence-electron chi connectivity index (χ1n) is 22.1. The quantitative estimate of drug-likeness (QED) is 0.190. The number of carbonyl (C=O) groups excluding carboxylic acids is 4. The third-order valence-corrected chi connectivity index (χ3v) is 14.8. The number of ether oxygens (including phenoxy) is 1. The van der Waals surface area contributed by atoms with E-state index in [9.17, 15) is 27.6 Å². The number of rotatable bonds is 7. The molecule has 328 valence electrons. The van der Waals surface area contributed by atoms with E-state index in [1.54, 1.807) is 4.90 Å². The van der Waals surface area contributed by atoms with Crippen molar-refractivity contribution < 1.29 is 36.7 Å². The van der Waals surface area contributed by atoms with Crippen LogP contribution in [0.4, 0.5) is 4.79 Å². The number of sulfonamides is 1. The first kappa shape index (κ1) is 41.8. The van der Waals surface area contributed by atoms with E-state index < -0.39 is 62.6 Å². The Labute approximate surface area is 361 Å². The molecular formula is C46H55N7O8S. The van der Waals surface area contributed by atoms with Gasteiger partial charge >= 0.3 is 6.03 Å². The second-order valence-electron chi connectivity index (χ2n) is 18.6. The molecule has 2 saturated heterocycles. The third-order valence-electron chi connectivity index (χ3n) is 13.0. The number of furan rings is 1. The van der Waals surface area contributed by atoms with E-state index in [4.69, 9.17) is 19.1 Å². The largest absolute Gasteiger partial charge is 0.470 e. The highest BCUT2D eigenvalue weighted by Crippen LogP contribution is 2.46. The maximum atomic E-state index is 14.8. The Morgan fingerprint density at radius 2 is 1.71 bits per heavy atom. The average Bonchev–Trinajstić information content (AvgIpc) is 4.03. The predicted molar refractivity (Wildman–Crippen MR) is 232 cm³/mol. The number of likely N-dealkylation sites (tertiary alicyclic amines) is 1. The van der Waals surface area contributed by atoms with Crippen LogP contribution >= 0.6 is 0 Å². The molecule has 3 N–H and O–H groups in total. The highest BCUT2D eigenvalue weighted by Gasteiger charge is 2.62. The van der Waals surface area contributed by atoms with Crippen molar-refractivity contribution in [2.75, 3.05) is 19.6 Å². The summed E-state index contributed by atoms with van der Waals surface area (Å²) in [7, 11) is -3.91. The van der Waals surface area contributed by atoms with Crippen molar-refractivity contribution in [1.82, 2.24) is 35.1 Å². The van der Waals surface area contributed by atoms with Crippen LogP contribution in [-0.2, 0) is 29.8 Å². The summed E-state index contributed by atoms with van der Waals surface area (Å²) in [6.07, 6.45) is 9.36. The number of allylic oxidation sites excluding steroid dienone is 1. The molecule has 4 fully saturated rings. The number of benzene rings is 2. The van der Waals surface area contributed by atoms with Crippen molar-refractivity contribution in [1.29, 1.82) is 0 Å². The monoisotopic (exact) mass is 865 g/mol. The Bertz CT molecular complexity index is 2540. The number of hydrogen-bond acceptors (Lipinski definition) is 10. The van der Waals surface area contributed by atoms with Crippen molar-refractivity contribution in [3.63, 3.8) is 0 Å². The van der Waals surface area contributed by atoms with E-state index >= 15 is 0 Å². The minimum Gasteiger partial charge on any atom is -0.470 e. The lowest BCUT2D eigenvalue weighted by Gasteiger charge is -2.30. The number of urea groups is 1. The molecule has 0 unspecified atom stereocenters. The highest BCUT2D eigenvalue weighted by molar-refractivity contribution is 7.91. The Morgan fingerprint density at radius 1 is 0.952 bits per heavy atom. The van der Waals surface area contributed by atoms with E-state index in [1.165, 1.54) is 4.90 Å². The smallest absolute Gasteiger partial charge is 0.318 e. The van der Waals surface area contributed by atoms with Gasteiger partial charge in [0.05, 0.1) is 11.8 Å². The van der Waals surface area contributed by atoms with Gasteiger partial charge in [-0.25, -0.2) is 18.2 Å². The first-order chi connectivity index (χ1) is 29.7. The molecule has 5 atom stereocenters. The van der Waals surface area contributed by atoms with Gasteiger partial charge in [-0.3, -0.25) is 19.1 Å². The summed E-state index contributed by atoms with van der Waals surface area (Å²) in [5.41, 5.74) is 1.79. The molecule has 2 saturated carbocycles. The van der Waals surface area contributed by atoms with E-state index in [0.717, 1.165) is 42.2 Å². The van der Waals surface area contributed by atoms with Crippen LogP contribution in [-0.4, -0.2) is 101 Å². The number of hydrogen-bond donors (Lipinski definition) is 3. The normalized spacial score (nSPS) is 26.6. The van der Waals surface area contributed by atoms with Gasteiger partial charge < -0.3 is 29.6 Å². The Morgan fingerprint density at radius 3 is 2.45 bits per heavy atom. The van der Waals surface area contributed by atoms with Crippen molar-refractivity contribution in [3.8, 4) is 17.3 Å². The molecule has 0 bridgehead atoms. The van der Waals surface area contributed by atoms with Crippen LogP contribution in [0.5, 0.6) is 5.88 Å². The molecule has 2 aliphatic carbocycles. The molecule has 15 nitrogen and oxygen atoms in total. The van der Waals surface area contributed by atoms with Crippen LogP contribution in [0.1, 0.15) is 97.0 Å². The molecular weight excluding hydrogens is 811 g/mol. The Hall–Kier alpha value is -5.51. The Balaban J connectivity index is 1.06. The van der Waals surface area contributed by atoms with E-state index in [0.29, 0.717) is 67.7 Å². The molecule has 2 aromatic heterocycles. The number of aromatic nitrogens is 2. The molecule has 5 aliphatic rings. The van der Waals surface area contributed by atoms with Crippen molar-refractivity contribution in [3.05, 3.63) is 66.2 Å². The summed E-state index contributed by atoms with van der Waals surface area (Å²) < 4.78 is 41.3. The zero-order chi connectivity index (χ0) is 43.4. The second kappa shape index (κ2) is 16.3. The van der Waals surface area contributed by atoms with Crippen LogP contribution in [0.25, 0.3) is 33.5 Å². The predicted octanol–water partition coefficient (Wildman–Crippen LogP) is 5.87. The summed E-state index contributed by atoms with van der Waals surface area (Å²) in [6, 6.07) is 13.2. The van der Waals surface area contributed by atoms with Crippen LogP contribution in [0.2, 0.25) is 0 Å². The number of nitrogens with zero attached hydrogens (tertiary/aromatic N) is 4. The molecule has 2 aromatic carbocycles. The van der Waals surface area contributed by atoms with Gasteiger partial charge in [-0.05, 0) is 74.5 Å². The van der Waals surface area contributed by atoms with Gasteiger partial charge in [0.25, 0.3) is 11.8 Å². The fraction of sp³-hybridized carbons (Fsp3) is 0.522. The van der Waals surface area contributed by atoms with Gasteiger partial charge in [0, 0.05) is 36.4 Å². The van der Waals surface area contributed by atoms with Crippen LogP contribution in [0.3, 0.4) is 0 Å². The van der Waals surface area contributed by atoms with Gasteiger partial charge in [0.15, 0.2) is 5.82 Å². The molecule has 62 heavy (non-hydrogen) atoms. The van der Waals surface area contributed by atoms with E-state index in [1.807, 2.05) is 48.6 Å². The summed E-state index contributed by atoms with van der Waals surface area (Å²) in [5, 5.41) is 6.07. The van der Waals surface area contributed by atoms with Gasteiger partial charge in [-0.2, -0.15) is 4.98 Å². The van der Waals surface area contributed by atoms with Crippen LogP contribution in [0, 0.1) is 5.92 Å². The van der Waals surface area contributed by atoms with E-state index in [-0.39, 0.29) is 36.7 Å². The SMILES string of the molecule is CC(C)(C)c1ccc(-c2nc(O[C@@H]3C[C@H]4C(=O)N[C@]5(C(=O)NS(=O)(=O)C6CC6)C[C@H]5/C=C\CCCCC[C@H](NC(=O)N5CCCC5)C(=O)N4C3)c3oc4ccccc4c3n2)cc1. The van der Waals surface area contributed by atoms with Crippen molar-refractivity contribution in [2.45, 2.75) is 126 Å². The molecule has 5 amide bonds. The molecule has 3 aliphatic heterocycles. The van der Waals surface area contributed by atoms with Gasteiger partial charge in [-0.1, -0.05) is 82.2 Å². The number of amides is 5. The maximum Gasteiger partial charge on any atom is 0.318 e. The molecule has 0 spiro atoms. The number of nitrogens with one attached hydrogen (secondary N) is 3. The average molecular weight is 866 g/mol. The molecule has 16 heteroatoms. The number of para-hydroxylation sites is 1. The zero-order valence-electron chi connectivity index (χ0n) is 35.5. The molecule has 0 radical (unpaired) electrons. The van der Waals surface area contributed by atoms with Crippen LogP contribution in [0.15, 0.2) is 65.1 Å². The lowest BCUT2D eigenvalue weighted by atomic mass is 9.87. The molecule has 4 aromatic rings.